The first kappa shape index (κ1) is 20.6. The Hall–Kier alpha value is -4.99. The van der Waals surface area contributed by atoms with Gasteiger partial charge >= 0.3 is 5.69 Å². The van der Waals surface area contributed by atoms with Crippen LogP contribution in [0.2, 0.25) is 0 Å². The lowest BCUT2D eigenvalue weighted by Gasteiger charge is -2.08. The molecular formula is C25H19FN8O. The largest absolute Gasteiger partial charge is 0.405 e. The molecule has 3 aromatic carbocycles. The molecule has 5 N–H and O–H groups in total. The van der Waals surface area contributed by atoms with E-state index in [1.54, 1.807) is 35.4 Å². The third kappa shape index (κ3) is 3.66. The molecule has 6 aromatic rings. The predicted octanol–water partition coefficient (Wildman–Crippen LogP) is 3.67. The molecule has 0 spiro atoms. The molecule has 0 aliphatic heterocycles. The summed E-state index contributed by atoms with van der Waals surface area (Å²) < 4.78 is 16.9. The Kier molecular flexibility index (Phi) is 4.77. The quantitative estimate of drug-likeness (QED) is 0.288. The van der Waals surface area contributed by atoms with Crippen molar-refractivity contribution in [2.45, 2.75) is 6.54 Å². The van der Waals surface area contributed by atoms with Crippen molar-refractivity contribution in [3.63, 3.8) is 0 Å². The maximum absolute atomic E-state index is 15.1. The maximum Gasteiger partial charge on any atom is 0.323 e. The second kappa shape index (κ2) is 8.10. The predicted molar refractivity (Wildman–Crippen MR) is 133 cm³/mol. The summed E-state index contributed by atoms with van der Waals surface area (Å²) in [7, 11) is 0. The van der Waals surface area contributed by atoms with Crippen LogP contribution < -0.4 is 11.4 Å². The van der Waals surface area contributed by atoms with Crippen LogP contribution in [-0.4, -0.2) is 35.2 Å². The summed E-state index contributed by atoms with van der Waals surface area (Å²) >= 11 is 0. The summed E-state index contributed by atoms with van der Waals surface area (Å²) in [6, 6.07) is 14.5. The fourth-order valence-electron chi connectivity index (χ4n) is 4.19. The summed E-state index contributed by atoms with van der Waals surface area (Å²) in [5, 5.41) is 0. The molecule has 10 heteroatoms. The number of nitrogens with zero attached hydrogens (tertiary/aromatic N) is 4. The van der Waals surface area contributed by atoms with Crippen molar-refractivity contribution in [2.24, 2.45) is 10.7 Å². The Morgan fingerprint density at radius 1 is 1.06 bits per heavy atom. The Morgan fingerprint density at radius 3 is 2.83 bits per heavy atom. The average molecular weight is 466 g/mol. The molecule has 0 radical (unpaired) electrons. The van der Waals surface area contributed by atoms with Crippen molar-refractivity contribution in [3.8, 4) is 5.69 Å². The number of hydrogen-bond donors (Lipinski definition) is 4. The first-order valence-corrected chi connectivity index (χ1v) is 10.8. The minimum Gasteiger partial charge on any atom is -0.405 e. The van der Waals surface area contributed by atoms with Crippen molar-refractivity contribution in [2.75, 3.05) is 0 Å². The molecule has 3 aromatic heterocycles. The lowest BCUT2D eigenvalue weighted by molar-refractivity contribution is 0.637. The van der Waals surface area contributed by atoms with E-state index in [4.69, 9.17) is 10.7 Å². The number of nitrogens with two attached hydrogens (primary N) is 1. The van der Waals surface area contributed by atoms with Gasteiger partial charge in [-0.15, -0.1) is 0 Å². The van der Waals surface area contributed by atoms with E-state index in [0.717, 1.165) is 22.3 Å². The lowest BCUT2D eigenvalue weighted by Crippen LogP contribution is -2.02. The molecule has 172 valence electrons. The van der Waals surface area contributed by atoms with Crippen molar-refractivity contribution >= 4 is 38.8 Å². The summed E-state index contributed by atoms with van der Waals surface area (Å²) in [6.07, 6.45) is 6.23. The van der Waals surface area contributed by atoms with Gasteiger partial charge in [0.15, 0.2) is 5.82 Å². The molecule has 0 bridgehead atoms. The van der Waals surface area contributed by atoms with Gasteiger partial charge in [-0.3, -0.25) is 9.56 Å². The van der Waals surface area contributed by atoms with Crippen LogP contribution in [0, 0.1) is 5.82 Å². The molecule has 0 fully saturated rings. The van der Waals surface area contributed by atoms with Gasteiger partial charge in [-0.2, -0.15) is 0 Å². The number of aliphatic imine (C=N–C) groups is 1. The molecule has 0 aliphatic carbocycles. The van der Waals surface area contributed by atoms with Gasteiger partial charge < -0.3 is 20.7 Å². The van der Waals surface area contributed by atoms with Gasteiger partial charge in [-0.25, -0.2) is 19.2 Å². The van der Waals surface area contributed by atoms with Crippen molar-refractivity contribution in [1.82, 2.24) is 29.5 Å². The van der Waals surface area contributed by atoms with E-state index in [1.165, 1.54) is 12.3 Å². The molecule has 0 saturated carbocycles. The molecule has 3 heterocycles. The zero-order valence-corrected chi connectivity index (χ0v) is 18.3. The summed E-state index contributed by atoms with van der Waals surface area (Å²) in [4.78, 5) is 33.4. The van der Waals surface area contributed by atoms with E-state index < -0.39 is 5.82 Å². The second-order valence-corrected chi connectivity index (χ2v) is 8.06. The third-order valence-corrected chi connectivity index (χ3v) is 5.85. The van der Waals surface area contributed by atoms with E-state index in [0.29, 0.717) is 34.4 Å². The minimum absolute atomic E-state index is 0.234. The normalized spacial score (nSPS) is 12.5. The molecular weight excluding hydrogens is 447 g/mol. The summed E-state index contributed by atoms with van der Waals surface area (Å²) in [5.74, 6) is -0.468. The zero-order chi connectivity index (χ0) is 23.9. The van der Waals surface area contributed by atoms with E-state index >= 15 is 4.39 Å². The van der Waals surface area contributed by atoms with Gasteiger partial charge in [0.05, 0.1) is 46.2 Å². The number of aromatic nitrogens is 6. The number of halogens is 1. The fraction of sp³-hybridized carbons (Fsp3) is 0.0400. The van der Waals surface area contributed by atoms with Crippen LogP contribution >= 0.6 is 0 Å². The summed E-state index contributed by atoms with van der Waals surface area (Å²) in [6.45, 7) is 0.380. The second-order valence-electron chi connectivity index (χ2n) is 8.06. The highest BCUT2D eigenvalue weighted by atomic mass is 19.1. The van der Waals surface area contributed by atoms with Crippen molar-refractivity contribution in [3.05, 3.63) is 101 Å². The van der Waals surface area contributed by atoms with Gasteiger partial charge in [0.1, 0.15) is 11.8 Å². The molecule has 0 amide bonds. The smallest absolute Gasteiger partial charge is 0.323 e. The zero-order valence-electron chi connectivity index (χ0n) is 18.3. The third-order valence-electron chi connectivity index (χ3n) is 5.85. The van der Waals surface area contributed by atoms with Gasteiger partial charge in [-0.05, 0) is 60.3 Å². The number of allylic oxidation sites excluding steroid dienone is 1. The van der Waals surface area contributed by atoms with Gasteiger partial charge in [0.25, 0.3) is 0 Å². The first-order valence-electron chi connectivity index (χ1n) is 10.8. The lowest BCUT2D eigenvalue weighted by atomic mass is 10.1. The van der Waals surface area contributed by atoms with Crippen LogP contribution in [0.3, 0.4) is 0 Å². The standard InChI is InChI=1S/C25H19FN8O/c26-17-8-15(18(5-6-27)28-11-14-1-3-19-21(7-14)30-12-29-19)9-23-24(17)31-13-34(23)16-2-4-20-22(10-16)33-25(35)32-20/h1-10,12-13H,11,27H2,(H,29,30)(H2,32,33,35). The Labute approximate surface area is 196 Å². The van der Waals surface area contributed by atoms with Crippen LogP contribution in [0.15, 0.2) is 83.2 Å². The molecule has 6 rings (SSSR count). The number of H-pyrrole nitrogens is 3. The van der Waals surface area contributed by atoms with Crippen LogP contribution in [0.1, 0.15) is 11.1 Å². The Bertz CT molecular complexity index is 1840. The van der Waals surface area contributed by atoms with E-state index in [-0.39, 0.29) is 11.2 Å². The maximum atomic E-state index is 15.1. The number of nitrogens with one attached hydrogen (secondary N) is 3. The van der Waals surface area contributed by atoms with Gasteiger partial charge in [0, 0.05) is 11.3 Å². The van der Waals surface area contributed by atoms with E-state index in [1.807, 2.05) is 30.3 Å². The molecule has 9 nitrogen and oxygen atoms in total. The van der Waals surface area contributed by atoms with Crippen LogP contribution in [-0.2, 0) is 6.54 Å². The SMILES string of the molecule is NC=CC(=NCc1ccc2nc[nH]c2c1)c1cc(F)c2ncn(-c3ccc4[nH]c(=O)[nH]c4c3)c2c1. The Morgan fingerprint density at radius 2 is 1.94 bits per heavy atom. The number of hydrogen-bond acceptors (Lipinski definition) is 5. The van der Waals surface area contributed by atoms with Gasteiger partial charge in [0.2, 0.25) is 0 Å². The number of aromatic amines is 3. The molecule has 0 aliphatic rings. The van der Waals surface area contributed by atoms with Crippen molar-refractivity contribution in [1.29, 1.82) is 0 Å². The Balaban J connectivity index is 1.42. The monoisotopic (exact) mass is 466 g/mol. The highest BCUT2D eigenvalue weighted by Crippen LogP contribution is 2.25. The number of benzene rings is 3. The molecule has 0 saturated heterocycles. The van der Waals surface area contributed by atoms with Crippen LogP contribution in [0.4, 0.5) is 4.39 Å². The van der Waals surface area contributed by atoms with Crippen LogP contribution in [0.25, 0.3) is 38.8 Å². The van der Waals surface area contributed by atoms with Crippen LogP contribution in [0.5, 0.6) is 0 Å². The summed E-state index contributed by atoms with van der Waals surface area (Å²) in [5.41, 5.74) is 12.1. The highest BCUT2D eigenvalue weighted by Gasteiger charge is 2.14. The minimum atomic E-state index is -0.468. The first-order chi connectivity index (χ1) is 17.1. The number of rotatable bonds is 5. The van der Waals surface area contributed by atoms with Gasteiger partial charge in [-0.1, -0.05) is 6.07 Å². The average Bonchev–Trinajstić information content (AvgIpc) is 3.58. The van der Waals surface area contributed by atoms with E-state index in [2.05, 4.69) is 24.9 Å². The fourth-order valence-corrected chi connectivity index (χ4v) is 4.19. The molecule has 35 heavy (non-hydrogen) atoms. The number of imidazole rings is 3. The van der Waals surface area contributed by atoms with Crippen molar-refractivity contribution < 1.29 is 4.39 Å². The molecule has 0 unspecified atom stereocenters. The number of fused-ring (bicyclic) bond motifs is 3. The highest BCUT2D eigenvalue weighted by molar-refractivity contribution is 6.10. The van der Waals surface area contributed by atoms with E-state index in [9.17, 15) is 4.79 Å². The topological polar surface area (TPSA) is 134 Å². The molecule has 0 atom stereocenters.